The summed E-state index contributed by atoms with van der Waals surface area (Å²) in [4.78, 5) is 0. The standard InChI is InChI=1S/C70H54N4Si/c1-7-25-49(26-8-1)67-71-68(73-69(72-67)51-28-24-40-58(48-51)75(55-34-13-4-14-35-55,56-36-15-5-16-37-56)57-38-17-6-18-39-57)50-27-23-33-54(47-50)74-63-44-22-20-42-60(63)66-64(74)46-45-62-65(66)59-41-19-21-43-61(59)70(62,52-29-9-2-10-30-52)53-31-11-3-12-32-53/h1-7,9-11,13-25,27-31,33-48,67-69,71-73H,12,32H2. The van der Waals surface area contributed by atoms with Crippen molar-refractivity contribution in [1.29, 1.82) is 0 Å². The Bertz CT molecular complexity index is 3850. The summed E-state index contributed by atoms with van der Waals surface area (Å²) < 4.78 is 2.49. The summed E-state index contributed by atoms with van der Waals surface area (Å²) in [7, 11) is -2.79. The molecule has 3 N–H and O–H groups in total. The zero-order valence-electron chi connectivity index (χ0n) is 41.5. The lowest BCUT2D eigenvalue weighted by atomic mass is 9.65. The van der Waals surface area contributed by atoms with Crippen LogP contribution in [0.3, 0.4) is 0 Å². The van der Waals surface area contributed by atoms with Gasteiger partial charge in [-0.3, -0.25) is 16.0 Å². The van der Waals surface area contributed by atoms with Crippen molar-refractivity contribution in [1.82, 2.24) is 20.5 Å². The first-order valence-corrected chi connectivity index (χ1v) is 28.3. The number of nitrogens with one attached hydrogen (secondary N) is 3. The van der Waals surface area contributed by atoms with Crippen LogP contribution in [0.5, 0.6) is 0 Å². The van der Waals surface area contributed by atoms with Crippen LogP contribution in [-0.4, -0.2) is 12.6 Å². The fourth-order valence-corrected chi connectivity index (χ4v) is 18.0. The van der Waals surface area contributed by atoms with Crippen molar-refractivity contribution in [2.75, 3.05) is 0 Å². The minimum absolute atomic E-state index is 0.219. The lowest BCUT2D eigenvalue weighted by Crippen LogP contribution is -2.74. The number of benzene rings is 9. The van der Waals surface area contributed by atoms with Gasteiger partial charge in [-0.15, -0.1) is 0 Å². The average molecular weight is 979 g/mol. The summed E-state index contributed by atoms with van der Waals surface area (Å²) in [5, 5.41) is 19.9. The Morgan fingerprint density at radius 2 is 1.11 bits per heavy atom. The van der Waals surface area contributed by atoms with Gasteiger partial charge in [0.25, 0.3) is 0 Å². The highest BCUT2D eigenvalue weighted by molar-refractivity contribution is 7.19. The van der Waals surface area contributed by atoms with Crippen LogP contribution in [-0.2, 0) is 5.41 Å². The second kappa shape index (κ2) is 18.7. The zero-order valence-corrected chi connectivity index (χ0v) is 42.5. The Morgan fingerprint density at radius 3 is 1.79 bits per heavy atom. The van der Waals surface area contributed by atoms with E-state index in [2.05, 4.69) is 287 Å². The van der Waals surface area contributed by atoms with Gasteiger partial charge in [-0.05, 0) is 109 Å². The first-order valence-electron chi connectivity index (χ1n) is 26.3. The highest BCUT2D eigenvalue weighted by Gasteiger charge is 2.48. The molecule has 0 amide bonds. The maximum Gasteiger partial charge on any atom is 0.179 e. The predicted molar refractivity (Wildman–Crippen MR) is 311 cm³/mol. The highest BCUT2D eigenvalue weighted by atomic mass is 28.3. The number of fused-ring (bicyclic) bond motifs is 7. The number of para-hydroxylation sites is 1. The van der Waals surface area contributed by atoms with E-state index < -0.39 is 13.5 Å². The molecule has 1 fully saturated rings. The third kappa shape index (κ3) is 7.25. The van der Waals surface area contributed by atoms with Crippen molar-refractivity contribution in [2.45, 2.75) is 36.8 Å². The van der Waals surface area contributed by atoms with E-state index in [-0.39, 0.29) is 18.5 Å². The van der Waals surface area contributed by atoms with E-state index in [0.29, 0.717) is 0 Å². The van der Waals surface area contributed by atoms with Crippen LogP contribution in [0, 0.1) is 12.1 Å². The molecule has 11 aromatic rings. The quantitative estimate of drug-likeness (QED) is 0.0945. The molecule has 1 aliphatic heterocycles. The molecule has 1 saturated heterocycles. The van der Waals surface area contributed by atoms with Gasteiger partial charge in [0.15, 0.2) is 8.07 Å². The largest absolute Gasteiger partial charge is 0.309 e. The second-order valence-corrected chi connectivity index (χ2v) is 24.0. The van der Waals surface area contributed by atoms with Crippen molar-refractivity contribution in [3.63, 3.8) is 0 Å². The molecule has 4 atom stereocenters. The molecule has 3 aliphatic rings. The van der Waals surface area contributed by atoms with Gasteiger partial charge in [-0.1, -0.05) is 248 Å². The van der Waals surface area contributed by atoms with Gasteiger partial charge in [0, 0.05) is 22.0 Å². The van der Waals surface area contributed by atoms with Crippen LogP contribution in [0.1, 0.15) is 64.7 Å². The molecule has 10 aromatic carbocycles. The van der Waals surface area contributed by atoms with Crippen molar-refractivity contribution < 1.29 is 0 Å². The van der Waals surface area contributed by atoms with Crippen LogP contribution < -0.4 is 36.7 Å². The first kappa shape index (κ1) is 45.0. The van der Waals surface area contributed by atoms with Crippen molar-refractivity contribution >= 4 is 50.6 Å². The molecule has 4 nitrogen and oxygen atoms in total. The van der Waals surface area contributed by atoms with Gasteiger partial charge in [0.05, 0.1) is 34.9 Å². The Morgan fingerprint density at radius 1 is 0.493 bits per heavy atom. The number of aromatic nitrogens is 1. The molecule has 2 aliphatic carbocycles. The van der Waals surface area contributed by atoms with Crippen LogP contribution in [0.15, 0.2) is 273 Å². The summed E-state index contributed by atoms with van der Waals surface area (Å²) in [5.74, 6) is 0. The molecule has 5 heteroatoms. The highest BCUT2D eigenvalue weighted by Crippen LogP contribution is 2.60. The van der Waals surface area contributed by atoms with Crippen molar-refractivity contribution in [3.8, 4) is 16.8 Å². The number of rotatable bonds is 10. The minimum Gasteiger partial charge on any atom is -0.309 e. The van der Waals surface area contributed by atoms with Crippen molar-refractivity contribution in [3.05, 3.63) is 318 Å². The molecule has 75 heavy (non-hydrogen) atoms. The normalized spacial score (nSPS) is 19.0. The molecular formula is C70H54N4Si. The van der Waals surface area contributed by atoms with Gasteiger partial charge in [-0.2, -0.15) is 0 Å². The van der Waals surface area contributed by atoms with E-state index in [0.717, 1.165) is 29.7 Å². The molecule has 4 unspecified atom stereocenters. The van der Waals surface area contributed by atoms with E-state index in [4.69, 9.17) is 0 Å². The minimum atomic E-state index is -2.79. The summed E-state index contributed by atoms with van der Waals surface area (Å²) in [6.07, 6.45) is 8.33. The van der Waals surface area contributed by atoms with Crippen LogP contribution in [0.2, 0.25) is 0 Å². The third-order valence-electron chi connectivity index (χ3n) is 16.3. The number of nitrogens with zero attached hydrogens (tertiary/aromatic N) is 1. The summed E-state index contributed by atoms with van der Waals surface area (Å²) >= 11 is 0. The van der Waals surface area contributed by atoms with Crippen LogP contribution in [0.25, 0.3) is 38.6 Å². The fraction of sp³-hybridized carbons (Fsp3) is 0.0857. The molecule has 14 rings (SSSR count). The average Bonchev–Trinajstić information content (AvgIpc) is 4.03. The monoisotopic (exact) mass is 978 g/mol. The molecule has 0 radical (unpaired) electrons. The number of hydrogen-bond acceptors (Lipinski definition) is 3. The lowest BCUT2D eigenvalue weighted by molar-refractivity contribution is 0.203. The molecule has 0 bridgehead atoms. The summed E-state index contributed by atoms with van der Waals surface area (Å²) in [6.45, 7) is 0. The first-order chi connectivity index (χ1) is 37.2. The summed E-state index contributed by atoms with van der Waals surface area (Å²) in [5.41, 5.74) is 14.5. The Labute approximate surface area is 440 Å². The Hall–Kier alpha value is -8.60. The fourth-order valence-electron chi connectivity index (χ4n) is 13.2. The van der Waals surface area contributed by atoms with Crippen LogP contribution in [0.4, 0.5) is 0 Å². The van der Waals surface area contributed by atoms with E-state index in [9.17, 15) is 0 Å². The smallest absolute Gasteiger partial charge is 0.179 e. The van der Waals surface area contributed by atoms with Gasteiger partial charge in [0.2, 0.25) is 0 Å². The molecule has 0 saturated carbocycles. The van der Waals surface area contributed by atoms with E-state index in [1.165, 1.54) is 81.5 Å². The topological polar surface area (TPSA) is 41.0 Å². The van der Waals surface area contributed by atoms with Gasteiger partial charge in [-0.25, -0.2) is 0 Å². The molecule has 0 spiro atoms. The lowest BCUT2D eigenvalue weighted by Gasteiger charge is -2.40. The van der Waals surface area contributed by atoms with Gasteiger partial charge < -0.3 is 4.57 Å². The Kier molecular flexibility index (Phi) is 11.2. The van der Waals surface area contributed by atoms with Gasteiger partial charge in [0.1, 0.15) is 0 Å². The molecular weight excluding hydrogens is 925 g/mol. The molecule has 358 valence electrons. The SMILES string of the molecule is c1cccc(C2NC(c3cccc(-n4c5ccccc5c5c6c(ccc54)C(C4=CC=CCC4)(c4ccccc4)c4ccccc4-6)c3)NC(c3cccc([Si](c4ccccc4)(c4ccccc4)c4ccccc4)c3)N2)c#1. The molecule has 2 heterocycles. The third-order valence-corrected chi connectivity index (χ3v) is 21.0. The van der Waals surface area contributed by atoms with E-state index >= 15 is 0 Å². The maximum absolute atomic E-state index is 4.08. The summed E-state index contributed by atoms with van der Waals surface area (Å²) in [6, 6.07) is 99.0. The zero-order chi connectivity index (χ0) is 49.8. The number of allylic oxidation sites excluding steroid dienone is 4. The molecule has 1 aromatic heterocycles. The second-order valence-electron chi connectivity index (χ2n) is 20.2. The maximum atomic E-state index is 4.08. The van der Waals surface area contributed by atoms with E-state index in [1.807, 2.05) is 12.1 Å². The van der Waals surface area contributed by atoms with E-state index in [1.54, 1.807) is 0 Å². The predicted octanol–water partition coefficient (Wildman–Crippen LogP) is 12.5. The van der Waals surface area contributed by atoms with Crippen molar-refractivity contribution in [2.24, 2.45) is 0 Å². The number of hydrogen-bond donors (Lipinski definition) is 3. The Balaban J connectivity index is 0.909. The van der Waals surface area contributed by atoms with Crippen LogP contribution >= 0.6 is 0 Å². The van der Waals surface area contributed by atoms with Gasteiger partial charge >= 0.3 is 0 Å².